The van der Waals surface area contributed by atoms with Gasteiger partial charge >= 0.3 is 0 Å². The van der Waals surface area contributed by atoms with Crippen LogP contribution in [0.4, 0.5) is 0 Å². The van der Waals surface area contributed by atoms with Gasteiger partial charge in [0.1, 0.15) is 0 Å². The van der Waals surface area contributed by atoms with Gasteiger partial charge in [-0.1, -0.05) is 158 Å². The Hall–Kier alpha value is -9.23. The van der Waals surface area contributed by atoms with Crippen LogP contribution in [-0.2, 0) is 0 Å². The molecule has 6 heteroatoms. The Morgan fingerprint density at radius 3 is 1.08 bits per heavy atom. The first-order valence-corrected chi connectivity index (χ1v) is 21.4. The lowest BCUT2D eigenvalue weighted by molar-refractivity contribution is 1.07. The van der Waals surface area contributed by atoms with E-state index in [-0.39, 0.29) is 0 Å². The first kappa shape index (κ1) is 38.7. The summed E-state index contributed by atoms with van der Waals surface area (Å²) in [5, 5.41) is 22.7. The quantitative estimate of drug-likeness (QED) is 0.152. The van der Waals surface area contributed by atoms with Crippen molar-refractivity contribution in [1.29, 1.82) is 10.5 Å². The van der Waals surface area contributed by atoms with E-state index in [4.69, 9.17) is 15.0 Å². The second-order valence-corrected chi connectivity index (χ2v) is 15.9. The molecule has 6 nitrogen and oxygen atoms in total. The van der Waals surface area contributed by atoms with Crippen LogP contribution in [0.15, 0.2) is 218 Å². The first-order valence-electron chi connectivity index (χ1n) is 21.4. The van der Waals surface area contributed by atoms with Gasteiger partial charge in [-0.05, 0) is 94.0 Å². The summed E-state index contributed by atoms with van der Waals surface area (Å²) in [7, 11) is 0. The summed E-state index contributed by atoms with van der Waals surface area (Å²) in [6, 6.07) is 78.7. The van der Waals surface area contributed by atoms with Crippen molar-refractivity contribution in [3.8, 4) is 96.5 Å². The summed E-state index contributed by atoms with van der Waals surface area (Å²) in [5.74, 6) is 1.58. The Morgan fingerprint density at radius 1 is 0.308 bits per heavy atom. The fourth-order valence-corrected chi connectivity index (χ4v) is 8.78. The van der Waals surface area contributed by atoms with Crippen molar-refractivity contribution in [3.05, 3.63) is 230 Å². The van der Waals surface area contributed by atoms with Gasteiger partial charge in [-0.3, -0.25) is 0 Å². The standard InChI is InChI=1S/C59H36N6/c60-37-39-15-13-25-47(31-39)50-35-49(59-63-57(43-21-9-3-10-22-43)62-58(64-59)44-23-11-4-12-24-44)36-51(48-26-14-16-40(32-48)38-61)56(50)65-54-29-27-45(41-17-5-1-6-18-41)33-52(54)53-34-46(28-30-55(53)65)42-19-7-2-8-20-42/h1-36H. The maximum atomic E-state index is 10.3. The van der Waals surface area contributed by atoms with E-state index in [1.165, 1.54) is 0 Å². The molecule has 0 N–H and O–H groups in total. The minimum absolute atomic E-state index is 0.488. The molecule has 2 heterocycles. The molecule has 0 bridgehead atoms. The molecule has 0 atom stereocenters. The molecule has 0 radical (unpaired) electrons. The molecule has 2 aromatic heterocycles. The van der Waals surface area contributed by atoms with E-state index in [1.807, 2.05) is 121 Å². The number of aromatic nitrogens is 4. The highest BCUT2D eigenvalue weighted by Crippen LogP contribution is 2.45. The average molecular weight is 829 g/mol. The SMILES string of the molecule is N#Cc1cccc(-c2cc(-c3nc(-c4ccccc4)nc(-c4ccccc4)n3)cc(-c3cccc(C#N)c3)c2-n2c3ccc(-c4ccccc4)cc3c3cc(-c4ccccc4)ccc32)c1. The lowest BCUT2D eigenvalue weighted by Crippen LogP contribution is -2.04. The monoisotopic (exact) mass is 828 g/mol. The van der Waals surface area contributed by atoms with E-state index >= 15 is 0 Å². The average Bonchev–Trinajstić information content (AvgIpc) is 3.71. The molecule has 9 aromatic carbocycles. The van der Waals surface area contributed by atoms with Gasteiger partial charge in [0.25, 0.3) is 0 Å². The van der Waals surface area contributed by atoms with Crippen molar-refractivity contribution in [2.45, 2.75) is 0 Å². The zero-order valence-electron chi connectivity index (χ0n) is 35.0. The van der Waals surface area contributed by atoms with E-state index in [9.17, 15) is 10.5 Å². The van der Waals surface area contributed by atoms with Crippen LogP contribution < -0.4 is 0 Å². The van der Waals surface area contributed by atoms with Crippen molar-refractivity contribution >= 4 is 21.8 Å². The Morgan fingerprint density at radius 2 is 0.677 bits per heavy atom. The number of benzene rings is 9. The third-order valence-corrected chi connectivity index (χ3v) is 11.9. The van der Waals surface area contributed by atoms with Crippen LogP contribution in [0.2, 0.25) is 0 Å². The summed E-state index contributed by atoms with van der Waals surface area (Å²) in [5.41, 5.74) is 14.3. The van der Waals surface area contributed by atoms with Crippen molar-refractivity contribution in [1.82, 2.24) is 19.5 Å². The zero-order valence-corrected chi connectivity index (χ0v) is 35.0. The molecule has 0 aliphatic carbocycles. The lowest BCUT2D eigenvalue weighted by Gasteiger charge is -2.21. The largest absolute Gasteiger partial charge is 0.308 e. The highest BCUT2D eigenvalue weighted by molar-refractivity contribution is 6.13. The van der Waals surface area contributed by atoms with Gasteiger partial charge in [0, 0.05) is 38.6 Å². The van der Waals surface area contributed by atoms with Gasteiger partial charge in [-0.2, -0.15) is 10.5 Å². The highest BCUT2D eigenvalue weighted by Gasteiger charge is 2.24. The molecule has 0 saturated heterocycles. The molecule has 0 saturated carbocycles. The maximum Gasteiger partial charge on any atom is 0.164 e. The van der Waals surface area contributed by atoms with Crippen LogP contribution in [0.25, 0.3) is 106 Å². The third kappa shape index (κ3) is 7.28. The van der Waals surface area contributed by atoms with E-state index in [1.54, 1.807) is 0 Å². The molecule has 11 aromatic rings. The molecular formula is C59H36N6. The second-order valence-electron chi connectivity index (χ2n) is 15.9. The molecule has 0 fully saturated rings. The van der Waals surface area contributed by atoms with Gasteiger partial charge in [0.15, 0.2) is 17.5 Å². The van der Waals surface area contributed by atoms with E-state index in [2.05, 4.69) is 114 Å². The Kier molecular flexibility index (Phi) is 9.86. The van der Waals surface area contributed by atoms with Crippen LogP contribution in [0.3, 0.4) is 0 Å². The van der Waals surface area contributed by atoms with Gasteiger partial charge in [-0.25, -0.2) is 15.0 Å². The van der Waals surface area contributed by atoms with Crippen molar-refractivity contribution in [2.75, 3.05) is 0 Å². The summed E-state index contributed by atoms with van der Waals surface area (Å²) < 4.78 is 2.35. The molecule has 11 rings (SSSR count). The summed E-state index contributed by atoms with van der Waals surface area (Å²) in [6.07, 6.45) is 0. The Bertz CT molecular complexity index is 3430. The fourth-order valence-electron chi connectivity index (χ4n) is 8.78. The normalized spacial score (nSPS) is 11.0. The van der Waals surface area contributed by atoms with Crippen molar-refractivity contribution in [3.63, 3.8) is 0 Å². The minimum Gasteiger partial charge on any atom is -0.308 e. The minimum atomic E-state index is 0.488. The zero-order chi connectivity index (χ0) is 43.7. The molecule has 0 unspecified atom stereocenters. The molecule has 302 valence electrons. The van der Waals surface area contributed by atoms with Gasteiger partial charge in [0.2, 0.25) is 0 Å². The van der Waals surface area contributed by atoms with Crippen LogP contribution >= 0.6 is 0 Å². The van der Waals surface area contributed by atoms with Crippen molar-refractivity contribution in [2.24, 2.45) is 0 Å². The highest BCUT2D eigenvalue weighted by atomic mass is 15.0. The molecule has 0 amide bonds. The van der Waals surface area contributed by atoms with E-state index < -0.39 is 0 Å². The Labute approximate surface area is 376 Å². The second kappa shape index (κ2) is 16.6. The molecule has 0 aliphatic heterocycles. The number of hydrogen-bond acceptors (Lipinski definition) is 5. The predicted octanol–water partition coefficient (Wildman–Crippen LogP) is 14.4. The molecule has 0 spiro atoms. The lowest BCUT2D eigenvalue weighted by atomic mass is 9.91. The van der Waals surface area contributed by atoms with Gasteiger partial charge in [-0.15, -0.1) is 0 Å². The van der Waals surface area contributed by atoms with Gasteiger partial charge in [0.05, 0.1) is 40.0 Å². The van der Waals surface area contributed by atoms with Crippen molar-refractivity contribution < 1.29 is 0 Å². The number of hydrogen-bond donors (Lipinski definition) is 0. The smallest absolute Gasteiger partial charge is 0.164 e. The number of nitrogens with zero attached hydrogens (tertiary/aromatic N) is 6. The van der Waals surface area contributed by atoms with Crippen LogP contribution in [0.1, 0.15) is 11.1 Å². The number of fused-ring (bicyclic) bond motifs is 3. The predicted molar refractivity (Wildman–Crippen MR) is 262 cm³/mol. The molecule has 65 heavy (non-hydrogen) atoms. The van der Waals surface area contributed by atoms with Crippen LogP contribution in [0.5, 0.6) is 0 Å². The third-order valence-electron chi connectivity index (χ3n) is 11.9. The van der Waals surface area contributed by atoms with E-state index in [0.717, 1.165) is 88.7 Å². The maximum absolute atomic E-state index is 10.3. The topological polar surface area (TPSA) is 91.2 Å². The number of rotatable bonds is 8. The van der Waals surface area contributed by atoms with E-state index in [0.29, 0.717) is 28.6 Å². The summed E-state index contributed by atoms with van der Waals surface area (Å²) in [6.45, 7) is 0. The molecule has 0 aliphatic rings. The first-order chi connectivity index (χ1) is 32.1. The van der Waals surface area contributed by atoms with Gasteiger partial charge < -0.3 is 4.57 Å². The fraction of sp³-hybridized carbons (Fsp3) is 0. The number of nitriles is 2. The molecular weight excluding hydrogens is 793 g/mol. The Balaban J connectivity index is 1.27. The summed E-state index contributed by atoms with van der Waals surface area (Å²) >= 11 is 0. The van der Waals surface area contributed by atoms with Crippen LogP contribution in [0, 0.1) is 22.7 Å². The van der Waals surface area contributed by atoms with Crippen LogP contribution in [-0.4, -0.2) is 19.5 Å². The summed E-state index contributed by atoms with van der Waals surface area (Å²) in [4.78, 5) is 15.3.